The number of benzene rings is 1. The minimum absolute atomic E-state index is 0.826. The Bertz CT molecular complexity index is 386. The van der Waals surface area contributed by atoms with E-state index in [4.69, 9.17) is 11.6 Å². The highest BCUT2D eigenvalue weighted by molar-refractivity contribution is 6.30. The molecule has 18 heavy (non-hydrogen) atoms. The molecular weight excluding hydrogens is 244 g/mol. The smallest absolute Gasteiger partial charge is 0.0406 e. The molecule has 1 aromatic carbocycles. The molecule has 0 aromatic heterocycles. The van der Waals surface area contributed by atoms with Crippen molar-refractivity contribution < 1.29 is 0 Å². The van der Waals surface area contributed by atoms with E-state index >= 15 is 0 Å². The summed E-state index contributed by atoms with van der Waals surface area (Å²) in [5, 5.41) is 4.47. The standard InChI is InChI=1S/C15H21ClN2/c16-14-3-1-12(2-4-14)10-18-8-7-13(11-18)9-17-15-5-6-15/h1-4,13,15,17H,5-11H2. The summed E-state index contributed by atoms with van der Waals surface area (Å²) in [5.41, 5.74) is 1.37. The highest BCUT2D eigenvalue weighted by Crippen LogP contribution is 2.22. The average molecular weight is 265 g/mol. The van der Waals surface area contributed by atoms with Gasteiger partial charge in [0.05, 0.1) is 0 Å². The zero-order valence-corrected chi connectivity index (χ0v) is 11.5. The third-order valence-electron chi connectivity index (χ3n) is 3.96. The molecule has 0 bridgehead atoms. The summed E-state index contributed by atoms with van der Waals surface area (Å²) in [4.78, 5) is 2.56. The number of rotatable bonds is 5. The van der Waals surface area contributed by atoms with Gasteiger partial charge in [-0.2, -0.15) is 0 Å². The van der Waals surface area contributed by atoms with Gasteiger partial charge >= 0.3 is 0 Å². The van der Waals surface area contributed by atoms with Crippen molar-refractivity contribution in [2.24, 2.45) is 5.92 Å². The van der Waals surface area contributed by atoms with Gasteiger partial charge in [-0.1, -0.05) is 23.7 Å². The summed E-state index contributed by atoms with van der Waals surface area (Å²) in [5.74, 6) is 0.845. The monoisotopic (exact) mass is 264 g/mol. The van der Waals surface area contributed by atoms with Crippen LogP contribution in [0.2, 0.25) is 5.02 Å². The van der Waals surface area contributed by atoms with Crippen LogP contribution >= 0.6 is 11.6 Å². The van der Waals surface area contributed by atoms with E-state index in [2.05, 4.69) is 22.3 Å². The van der Waals surface area contributed by atoms with Crippen LogP contribution in [-0.2, 0) is 6.54 Å². The van der Waals surface area contributed by atoms with Crippen molar-refractivity contribution in [2.45, 2.75) is 31.8 Å². The lowest BCUT2D eigenvalue weighted by Crippen LogP contribution is -2.27. The van der Waals surface area contributed by atoms with E-state index in [1.165, 1.54) is 44.5 Å². The third kappa shape index (κ3) is 3.47. The molecule has 0 radical (unpaired) electrons. The molecule has 1 aromatic rings. The van der Waals surface area contributed by atoms with Gasteiger partial charge in [0, 0.05) is 24.2 Å². The van der Waals surface area contributed by atoms with Gasteiger partial charge in [0.15, 0.2) is 0 Å². The van der Waals surface area contributed by atoms with Crippen LogP contribution in [0.1, 0.15) is 24.8 Å². The van der Waals surface area contributed by atoms with Gasteiger partial charge in [-0.05, 0) is 56.0 Å². The van der Waals surface area contributed by atoms with Crippen LogP contribution in [-0.4, -0.2) is 30.6 Å². The molecule has 2 nitrogen and oxygen atoms in total. The van der Waals surface area contributed by atoms with Gasteiger partial charge in [-0.15, -0.1) is 0 Å². The second-order valence-electron chi connectivity index (χ2n) is 5.70. The van der Waals surface area contributed by atoms with Crippen LogP contribution in [0.5, 0.6) is 0 Å². The molecule has 1 aliphatic heterocycles. The van der Waals surface area contributed by atoms with E-state index in [9.17, 15) is 0 Å². The van der Waals surface area contributed by atoms with Crippen LogP contribution in [0.15, 0.2) is 24.3 Å². The van der Waals surface area contributed by atoms with Crippen LogP contribution < -0.4 is 5.32 Å². The molecule has 0 spiro atoms. The Morgan fingerprint density at radius 1 is 1.17 bits per heavy atom. The molecular formula is C15H21ClN2. The van der Waals surface area contributed by atoms with Crippen LogP contribution in [0.4, 0.5) is 0 Å². The van der Waals surface area contributed by atoms with Crippen molar-refractivity contribution in [3.63, 3.8) is 0 Å². The predicted molar refractivity (Wildman–Crippen MR) is 75.9 cm³/mol. The van der Waals surface area contributed by atoms with Gasteiger partial charge in [0.2, 0.25) is 0 Å². The molecule has 3 rings (SSSR count). The molecule has 98 valence electrons. The summed E-state index contributed by atoms with van der Waals surface area (Å²) >= 11 is 5.91. The summed E-state index contributed by atoms with van der Waals surface area (Å²) in [6, 6.07) is 9.09. The summed E-state index contributed by atoms with van der Waals surface area (Å²) in [6.07, 6.45) is 4.12. The molecule has 1 heterocycles. The Balaban J connectivity index is 1.44. The molecule has 2 fully saturated rings. The molecule has 1 aliphatic carbocycles. The van der Waals surface area contributed by atoms with Gasteiger partial charge < -0.3 is 5.32 Å². The van der Waals surface area contributed by atoms with E-state index in [0.717, 1.165) is 23.5 Å². The molecule has 0 amide bonds. The van der Waals surface area contributed by atoms with Gasteiger partial charge in [0.1, 0.15) is 0 Å². The molecule has 1 N–H and O–H groups in total. The number of hydrogen-bond acceptors (Lipinski definition) is 2. The SMILES string of the molecule is Clc1ccc(CN2CCC(CNC3CC3)C2)cc1. The quantitative estimate of drug-likeness (QED) is 0.880. The Kier molecular flexibility index (Phi) is 3.88. The largest absolute Gasteiger partial charge is 0.314 e. The van der Waals surface area contributed by atoms with E-state index < -0.39 is 0 Å². The number of likely N-dealkylation sites (tertiary alicyclic amines) is 1. The van der Waals surface area contributed by atoms with Gasteiger partial charge in [-0.25, -0.2) is 0 Å². The summed E-state index contributed by atoms with van der Waals surface area (Å²) in [7, 11) is 0. The highest BCUT2D eigenvalue weighted by atomic mass is 35.5. The maximum atomic E-state index is 5.91. The van der Waals surface area contributed by atoms with Crippen molar-refractivity contribution in [1.29, 1.82) is 0 Å². The number of nitrogens with zero attached hydrogens (tertiary/aromatic N) is 1. The minimum Gasteiger partial charge on any atom is -0.314 e. The van der Waals surface area contributed by atoms with Crippen LogP contribution in [0, 0.1) is 5.92 Å². The Labute approximate surface area is 114 Å². The first kappa shape index (κ1) is 12.5. The molecule has 1 atom stereocenters. The number of halogens is 1. The lowest BCUT2D eigenvalue weighted by Gasteiger charge is -2.16. The van der Waals surface area contributed by atoms with Crippen molar-refractivity contribution in [2.75, 3.05) is 19.6 Å². The zero-order chi connectivity index (χ0) is 12.4. The number of nitrogens with one attached hydrogen (secondary N) is 1. The van der Waals surface area contributed by atoms with E-state index in [1.54, 1.807) is 0 Å². The fraction of sp³-hybridized carbons (Fsp3) is 0.600. The summed E-state index contributed by atoms with van der Waals surface area (Å²) < 4.78 is 0. The fourth-order valence-corrected chi connectivity index (χ4v) is 2.82. The van der Waals surface area contributed by atoms with E-state index in [1.807, 2.05) is 12.1 Å². The molecule has 3 heteroatoms. The topological polar surface area (TPSA) is 15.3 Å². The first-order chi connectivity index (χ1) is 8.79. The lowest BCUT2D eigenvalue weighted by molar-refractivity contribution is 0.314. The van der Waals surface area contributed by atoms with Gasteiger partial charge in [0.25, 0.3) is 0 Å². The average Bonchev–Trinajstić information content (AvgIpc) is 3.10. The van der Waals surface area contributed by atoms with Crippen LogP contribution in [0.25, 0.3) is 0 Å². The molecule has 1 saturated carbocycles. The Morgan fingerprint density at radius 2 is 1.94 bits per heavy atom. The zero-order valence-electron chi connectivity index (χ0n) is 10.7. The maximum Gasteiger partial charge on any atom is 0.0406 e. The van der Waals surface area contributed by atoms with Crippen molar-refractivity contribution in [1.82, 2.24) is 10.2 Å². The predicted octanol–water partition coefficient (Wildman–Crippen LogP) is 2.91. The van der Waals surface area contributed by atoms with Crippen molar-refractivity contribution in [3.05, 3.63) is 34.9 Å². The van der Waals surface area contributed by atoms with Crippen molar-refractivity contribution in [3.8, 4) is 0 Å². The fourth-order valence-electron chi connectivity index (χ4n) is 2.69. The van der Waals surface area contributed by atoms with Crippen molar-refractivity contribution >= 4 is 11.6 Å². The first-order valence-electron chi connectivity index (χ1n) is 7.00. The second-order valence-corrected chi connectivity index (χ2v) is 6.14. The molecule has 2 aliphatic rings. The normalized spacial score (nSPS) is 24.6. The summed E-state index contributed by atoms with van der Waals surface area (Å²) in [6.45, 7) is 4.75. The van der Waals surface area contributed by atoms with Crippen LogP contribution in [0.3, 0.4) is 0 Å². The molecule has 1 unspecified atom stereocenters. The molecule has 1 saturated heterocycles. The number of hydrogen-bond donors (Lipinski definition) is 1. The minimum atomic E-state index is 0.826. The lowest BCUT2D eigenvalue weighted by atomic mass is 10.1. The van der Waals surface area contributed by atoms with Gasteiger partial charge in [-0.3, -0.25) is 4.90 Å². The maximum absolute atomic E-state index is 5.91. The van der Waals surface area contributed by atoms with E-state index in [0.29, 0.717) is 0 Å². The highest BCUT2D eigenvalue weighted by Gasteiger charge is 2.26. The first-order valence-corrected chi connectivity index (χ1v) is 7.37. The Hall–Kier alpha value is -0.570. The Morgan fingerprint density at radius 3 is 2.67 bits per heavy atom. The second kappa shape index (κ2) is 5.60. The third-order valence-corrected chi connectivity index (χ3v) is 4.21. The van der Waals surface area contributed by atoms with E-state index in [-0.39, 0.29) is 0 Å².